The van der Waals surface area contributed by atoms with Gasteiger partial charge in [-0.3, -0.25) is 0 Å². The molecule has 0 bridgehead atoms. The van der Waals surface area contributed by atoms with Crippen molar-refractivity contribution in [1.82, 2.24) is 0 Å². The first-order chi connectivity index (χ1) is 6.61. The molecule has 0 aromatic heterocycles. The molecule has 0 fully saturated rings. The zero-order chi connectivity index (χ0) is 11.0. The Labute approximate surface area is 96.2 Å². The maximum absolute atomic E-state index is 9.21. The monoisotopic (exact) mass is 266 g/mol. The number of aliphatic hydroxyl groups is 1. The SMILES string of the molecule is CCCCC(CC)COC(Br)C(C)O. The van der Waals surface area contributed by atoms with E-state index >= 15 is 0 Å². The van der Waals surface area contributed by atoms with Crippen LogP contribution in [0.15, 0.2) is 0 Å². The first-order valence-electron chi connectivity index (χ1n) is 5.55. The third-order valence-electron chi connectivity index (χ3n) is 2.41. The van der Waals surface area contributed by atoms with E-state index in [-0.39, 0.29) is 5.01 Å². The largest absolute Gasteiger partial charge is 0.390 e. The lowest BCUT2D eigenvalue weighted by Gasteiger charge is -2.19. The van der Waals surface area contributed by atoms with E-state index in [4.69, 9.17) is 4.74 Å². The van der Waals surface area contributed by atoms with Gasteiger partial charge in [-0.15, -0.1) is 0 Å². The molecular weight excluding hydrogens is 244 g/mol. The molecule has 86 valence electrons. The molecule has 0 heterocycles. The first kappa shape index (κ1) is 14.4. The number of hydrogen-bond donors (Lipinski definition) is 1. The van der Waals surface area contributed by atoms with E-state index in [1.165, 1.54) is 19.3 Å². The standard InChI is InChI=1S/C11H23BrO2/c1-4-6-7-10(5-2)8-14-11(12)9(3)13/h9-11,13H,4-8H2,1-3H3. The molecule has 3 unspecified atom stereocenters. The highest BCUT2D eigenvalue weighted by atomic mass is 79.9. The van der Waals surface area contributed by atoms with Gasteiger partial charge in [0.15, 0.2) is 0 Å². The molecule has 14 heavy (non-hydrogen) atoms. The predicted molar refractivity (Wildman–Crippen MR) is 63.7 cm³/mol. The van der Waals surface area contributed by atoms with Gasteiger partial charge in [0.2, 0.25) is 0 Å². The quantitative estimate of drug-likeness (QED) is 0.683. The number of aliphatic hydroxyl groups excluding tert-OH is 1. The molecule has 3 atom stereocenters. The molecule has 0 radical (unpaired) electrons. The van der Waals surface area contributed by atoms with E-state index in [1.54, 1.807) is 6.92 Å². The van der Waals surface area contributed by atoms with Gasteiger partial charge in [0.25, 0.3) is 0 Å². The van der Waals surface area contributed by atoms with Crippen LogP contribution in [0.2, 0.25) is 0 Å². The van der Waals surface area contributed by atoms with Gasteiger partial charge >= 0.3 is 0 Å². The summed E-state index contributed by atoms with van der Waals surface area (Å²) in [6.07, 6.45) is 4.44. The van der Waals surface area contributed by atoms with Crippen molar-refractivity contribution < 1.29 is 9.84 Å². The molecule has 0 rings (SSSR count). The molecule has 3 heteroatoms. The Morgan fingerprint density at radius 2 is 2.00 bits per heavy atom. The van der Waals surface area contributed by atoms with E-state index in [0.717, 1.165) is 13.0 Å². The maximum Gasteiger partial charge on any atom is 0.137 e. The van der Waals surface area contributed by atoms with Gasteiger partial charge < -0.3 is 9.84 Å². The Balaban J connectivity index is 3.60. The Hall–Kier alpha value is 0.400. The second-order valence-electron chi connectivity index (χ2n) is 3.84. The molecule has 0 saturated heterocycles. The van der Waals surface area contributed by atoms with Gasteiger partial charge in [0.1, 0.15) is 5.01 Å². The predicted octanol–water partition coefficient (Wildman–Crippen LogP) is 3.32. The molecular formula is C11H23BrO2. The highest BCUT2D eigenvalue weighted by Crippen LogP contribution is 2.16. The van der Waals surface area contributed by atoms with Crippen LogP contribution in [-0.2, 0) is 4.74 Å². The Morgan fingerprint density at radius 1 is 1.36 bits per heavy atom. The average Bonchev–Trinajstić information content (AvgIpc) is 2.17. The summed E-state index contributed by atoms with van der Waals surface area (Å²) in [5.74, 6) is 0.633. The summed E-state index contributed by atoms with van der Waals surface area (Å²) in [6, 6.07) is 0. The van der Waals surface area contributed by atoms with Gasteiger partial charge in [0.05, 0.1) is 12.7 Å². The Kier molecular flexibility index (Phi) is 8.94. The molecule has 0 saturated carbocycles. The van der Waals surface area contributed by atoms with Crippen LogP contribution in [0.3, 0.4) is 0 Å². The van der Waals surface area contributed by atoms with Crippen LogP contribution in [0.5, 0.6) is 0 Å². The molecule has 0 amide bonds. The van der Waals surface area contributed by atoms with Crippen LogP contribution in [0.1, 0.15) is 46.5 Å². The number of ether oxygens (including phenoxy) is 1. The normalized spacial score (nSPS) is 17.8. The summed E-state index contributed by atoms with van der Waals surface area (Å²) in [5.41, 5.74) is 0. The lowest BCUT2D eigenvalue weighted by molar-refractivity contribution is 0.00935. The fourth-order valence-corrected chi connectivity index (χ4v) is 1.42. The van der Waals surface area contributed by atoms with Gasteiger partial charge in [-0.2, -0.15) is 0 Å². The summed E-state index contributed by atoms with van der Waals surface area (Å²) < 4.78 is 5.52. The topological polar surface area (TPSA) is 29.5 Å². The van der Waals surface area contributed by atoms with E-state index < -0.39 is 6.10 Å². The van der Waals surface area contributed by atoms with Crippen molar-refractivity contribution in [1.29, 1.82) is 0 Å². The number of unbranched alkanes of at least 4 members (excludes halogenated alkanes) is 1. The van der Waals surface area contributed by atoms with E-state index in [2.05, 4.69) is 29.8 Å². The number of alkyl halides is 1. The fraction of sp³-hybridized carbons (Fsp3) is 1.00. The van der Waals surface area contributed by atoms with E-state index in [1.807, 2.05) is 0 Å². The van der Waals surface area contributed by atoms with Crippen LogP contribution in [-0.4, -0.2) is 22.8 Å². The fourth-order valence-electron chi connectivity index (χ4n) is 1.27. The summed E-state index contributed by atoms with van der Waals surface area (Å²) >= 11 is 3.30. The second-order valence-corrected chi connectivity index (χ2v) is 4.74. The van der Waals surface area contributed by atoms with Crippen molar-refractivity contribution in [2.75, 3.05) is 6.61 Å². The van der Waals surface area contributed by atoms with Crippen molar-refractivity contribution in [2.45, 2.75) is 57.6 Å². The third kappa shape index (κ3) is 6.80. The van der Waals surface area contributed by atoms with Gasteiger partial charge in [-0.25, -0.2) is 0 Å². The minimum absolute atomic E-state index is 0.224. The molecule has 0 aliphatic rings. The van der Waals surface area contributed by atoms with Crippen molar-refractivity contribution in [2.24, 2.45) is 5.92 Å². The summed E-state index contributed by atoms with van der Waals surface area (Å²) in [5, 5.41) is 8.99. The van der Waals surface area contributed by atoms with E-state index in [9.17, 15) is 5.11 Å². The average molecular weight is 267 g/mol. The highest BCUT2D eigenvalue weighted by molar-refractivity contribution is 9.09. The Bertz CT molecular complexity index is 128. The molecule has 0 spiro atoms. The first-order valence-corrected chi connectivity index (χ1v) is 6.47. The zero-order valence-corrected chi connectivity index (χ0v) is 11.1. The highest BCUT2D eigenvalue weighted by Gasteiger charge is 2.13. The number of hydrogen-bond acceptors (Lipinski definition) is 2. The van der Waals surface area contributed by atoms with Crippen LogP contribution >= 0.6 is 15.9 Å². The zero-order valence-electron chi connectivity index (χ0n) is 9.50. The van der Waals surface area contributed by atoms with Gasteiger partial charge in [0, 0.05) is 0 Å². The smallest absolute Gasteiger partial charge is 0.137 e. The van der Waals surface area contributed by atoms with Crippen molar-refractivity contribution >= 4 is 15.9 Å². The molecule has 2 nitrogen and oxygen atoms in total. The Morgan fingerprint density at radius 3 is 2.43 bits per heavy atom. The molecule has 0 aliphatic carbocycles. The van der Waals surface area contributed by atoms with Crippen molar-refractivity contribution in [3.8, 4) is 0 Å². The number of rotatable bonds is 8. The summed E-state index contributed by atoms with van der Waals surface area (Å²) in [4.78, 5) is 0. The lowest BCUT2D eigenvalue weighted by Crippen LogP contribution is -2.22. The molecule has 1 N–H and O–H groups in total. The minimum atomic E-state index is -0.446. The third-order valence-corrected chi connectivity index (χ3v) is 3.44. The van der Waals surface area contributed by atoms with Crippen LogP contribution < -0.4 is 0 Å². The van der Waals surface area contributed by atoms with Crippen molar-refractivity contribution in [3.63, 3.8) is 0 Å². The van der Waals surface area contributed by atoms with Crippen LogP contribution in [0.4, 0.5) is 0 Å². The molecule has 0 aliphatic heterocycles. The number of halogens is 1. The molecule has 0 aromatic carbocycles. The lowest BCUT2D eigenvalue weighted by atomic mass is 10.0. The van der Waals surface area contributed by atoms with Crippen molar-refractivity contribution in [3.05, 3.63) is 0 Å². The summed E-state index contributed by atoms with van der Waals surface area (Å²) in [7, 11) is 0. The van der Waals surface area contributed by atoms with Gasteiger partial charge in [-0.05, 0) is 19.3 Å². The second kappa shape index (κ2) is 8.69. The molecule has 0 aromatic rings. The minimum Gasteiger partial charge on any atom is -0.390 e. The summed E-state index contributed by atoms with van der Waals surface area (Å²) in [6.45, 7) is 6.87. The maximum atomic E-state index is 9.21. The van der Waals surface area contributed by atoms with Crippen LogP contribution in [0.25, 0.3) is 0 Å². The van der Waals surface area contributed by atoms with Crippen LogP contribution in [0, 0.1) is 5.92 Å². The van der Waals surface area contributed by atoms with Gasteiger partial charge in [-0.1, -0.05) is 49.0 Å². The van der Waals surface area contributed by atoms with E-state index in [0.29, 0.717) is 5.92 Å².